The monoisotopic (exact) mass is 140 g/mol. The summed E-state index contributed by atoms with van der Waals surface area (Å²) in [5, 5.41) is 0. The number of aryl methyl sites for hydroxylation is 1. The molecule has 0 saturated heterocycles. The van der Waals surface area contributed by atoms with Gasteiger partial charge in [-0.2, -0.15) is 0 Å². The summed E-state index contributed by atoms with van der Waals surface area (Å²) in [5.41, 5.74) is 1.13. The van der Waals surface area contributed by atoms with Gasteiger partial charge in [-0.25, -0.2) is 4.98 Å². The number of nitrogens with zero attached hydrogens (tertiary/aromatic N) is 1. The molecule has 0 atom stereocenters. The Morgan fingerprint density at radius 3 is 3.00 bits per heavy atom. The maximum Gasteiger partial charge on any atom is 0.196 e. The van der Waals surface area contributed by atoms with Crippen LogP contribution in [0.1, 0.15) is 12.6 Å². The van der Waals surface area contributed by atoms with Crippen LogP contribution in [0.25, 0.3) is 0 Å². The third kappa shape index (κ3) is 1.61. The van der Waals surface area contributed by atoms with E-state index in [2.05, 4.69) is 16.9 Å². The van der Waals surface area contributed by atoms with Gasteiger partial charge in [-0.1, -0.05) is 6.92 Å². The molecule has 0 spiro atoms. The molecule has 0 saturated carbocycles. The van der Waals surface area contributed by atoms with Crippen molar-refractivity contribution in [2.45, 2.75) is 13.3 Å². The summed E-state index contributed by atoms with van der Waals surface area (Å²) in [6.07, 6.45) is 2.70. The third-order valence-electron chi connectivity index (χ3n) is 1.12. The van der Waals surface area contributed by atoms with Crippen LogP contribution in [-0.4, -0.2) is 9.97 Å². The van der Waals surface area contributed by atoms with Gasteiger partial charge in [0.05, 0.1) is 0 Å². The first-order valence-electron chi connectivity index (χ1n) is 2.87. The molecule has 0 aliphatic rings. The van der Waals surface area contributed by atoms with Crippen LogP contribution in [0.4, 0.5) is 0 Å². The average molecular weight is 140 g/mol. The molecule has 0 radical (unpaired) electrons. The van der Waals surface area contributed by atoms with Gasteiger partial charge in [-0.05, 0) is 24.7 Å². The molecule has 0 aromatic carbocycles. The van der Waals surface area contributed by atoms with Gasteiger partial charge in [0.25, 0.3) is 0 Å². The lowest BCUT2D eigenvalue weighted by molar-refractivity contribution is 0.984. The predicted molar refractivity (Wildman–Crippen MR) is 38.8 cm³/mol. The number of rotatable bonds is 1. The molecule has 9 heavy (non-hydrogen) atoms. The van der Waals surface area contributed by atoms with Gasteiger partial charge in [0, 0.05) is 11.9 Å². The normalized spacial score (nSPS) is 9.44. The second kappa shape index (κ2) is 2.73. The van der Waals surface area contributed by atoms with Crippen molar-refractivity contribution < 1.29 is 0 Å². The Kier molecular flexibility index (Phi) is 1.95. The zero-order valence-corrected chi connectivity index (χ0v) is 6.03. The van der Waals surface area contributed by atoms with Crippen molar-refractivity contribution in [3.8, 4) is 0 Å². The number of aromatic amines is 1. The lowest BCUT2D eigenvalue weighted by Crippen LogP contribution is -1.87. The maximum absolute atomic E-state index is 4.80. The molecule has 1 N–H and O–H groups in total. The number of aromatic nitrogens is 2. The Hall–Kier alpha value is -0.700. The molecule has 48 valence electrons. The molecular weight excluding hydrogens is 132 g/mol. The maximum atomic E-state index is 4.80. The molecule has 1 aromatic rings. The standard InChI is InChI=1S/C6H8N2S/c1-2-5-3-4-7-6(9)8-5/h3-4H,2H2,1H3,(H,7,8,9). The van der Waals surface area contributed by atoms with E-state index in [4.69, 9.17) is 12.2 Å². The number of hydrogen-bond donors (Lipinski definition) is 1. The highest BCUT2D eigenvalue weighted by Gasteiger charge is 1.83. The van der Waals surface area contributed by atoms with Gasteiger partial charge < -0.3 is 4.98 Å². The van der Waals surface area contributed by atoms with E-state index in [1.54, 1.807) is 6.20 Å². The van der Waals surface area contributed by atoms with E-state index >= 15 is 0 Å². The minimum Gasteiger partial charge on any atom is -0.335 e. The zero-order valence-electron chi connectivity index (χ0n) is 5.22. The fourth-order valence-electron chi connectivity index (χ4n) is 0.612. The van der Waals surface area contributed by atoms with Gasteiger partial charge >= 0.3 is 0 Å². The van der Waals surface area contributed by atoms with Crippen molar-refractivity contribution >= 4 is 12.2 Å². The molecule has 0 bridgehead atoms. The van der Waals surface area contributed by atoms with Crippen molar-refractivity contribution in [3.63, 3.8) is 0 Å². The fourth-order valence-corrected chi connectivity index (χ4v) is 0.804. The summed E-state index contributed by atoms with van der Waals surface area (Å²) in [7, 11) is 0. The summed E-state index contributed by atoms with van der Waals surface area (Å²) in [5.74, 6) is 0. The third-order valence-corrected chi connectivity index (χ3v) is 1.32. The van der Waals surface area contributed by atoms with Crippen LogP contribution in [-0.2, 0) is 6.42 Å². The first-order chi connectivity index (χ1) is 4.33. The summed E-state index contributed by atoms with van der Waals surface area (Å²) < 4.78 is 0.564. The quantitative estimate of drug-likeness (QED) is 0.601. The topological polar surface area (TPSA) is 28.7 Å². The van der Waals surface area contributed by atoms with Gasteiger partial charge in [-0.3, -0.25) is 0 Å². The van der Waals surface area contributed by atoms with E-state index in [9.17, 15) is 0 Å². The van der Waals surface area contributed by atoms with Crippen LogP contribution < -0.4 is 0 Å². The van der Waals surface area contributed by atoms with Crippen LogP contribution in [0.2, 0.25) is 0 Å². The molecule has 1 aromatic heterocycles. The summed E-state index contributed by atoms with van der Waals surface area (Å²) in [4.78, 5) is 6.81. The lowest BCUT2D eigenvalue weighted by Gasteiger charge is -1.91. The second-order valence-electron chi connectivity index (χ2n) is 1.75. The highest BCUT2D eigenvalue weighted by atomic mass is 32.1. The SMILES string of the molecule is CCc1ccnc(=S)[nH]1. The Morgan fingerprint density at radius 2 is 2.56 bits per heavy atom. The van der Waals surface area contributed by atoms with E-state index < -0.39 is 0 Å². The molecule has 1 rings (SSSR count). The smallest absolute Gasteiger partial charge is 0.196 e. The first-order valence-corrected chi connectivity index (χ1v) is 3.28. The van der Waals surface area contributed by atoms with Crippen LogP contribution >= 0.6 is 12.2 Å². The Balaban J connectivity index is 3.08. The lowest BCUT2D eigenvalue weighted by atomic mass is 10.3. The van der Waals surface area contributed by atoms with E-state index in [0.717, 1.165) is 12.1 Å². The molecule has 1 heterocycles. The molecule has 0 aliphatic heterocycles. The highest BCUT2D eigenvalue weighted by Crippen LogP contribution is 1.91. The van der Waals surface area contributed by atoms with Crippen LogP contribution in [0.5, 0.6) is 0 Å². The summed E-state index contributed by atoms with van der Waals surface area (Å²) in [6, 6.07) is 1.93. The van der Waals surface area contributed by atoms with Crippen LogP contribution in [0.3, 0.4) is 0 Å². The van der Waals surface area contributed by atoms with Gasteiger partial charge in [-0.15, -0.1) is 0 Å². The minimum absolute atomic E-state index is 0.564. The molecule has 0 fully saturated rings. The summed E-state index contributed by atoms with van der Waals surface area (Å²) in [6.45, 7) is 2.07. The number of H-pyrrole nitrogens is 1. The number of hydrogen-bond acceptors (Lipinski definition) is 2. The molecule has 0 amide bonds. The minimum atomic E-state index is 0.564. The molecular formula is C6H8N2S. The van der Waals surface area contributed by atoms with Crippen molar-refractivity contribution in [2.75, 3.05) is 0 Å². The predicted octanol–water partition coefficient (Wildman–Crippen LogP) is 1.70. The average Bonchev–Trinajstić information content (AvgIpc) is 1.88. The van der Waals surface area contributed by atoms with Crippen molar-refractivity contribution in [2.24, 2.45) is 0 Å². The highest BCUT2D eigenvalue weighted by molar-refractivity contribution is 7.71. The number of nitrogens with one attached hydrogen (secondary N) is 1. The van der Waals surface area contributed by atoms with Gasteiger partial charge in [0.2, 0.25) is 0 Å². The summed E-state index contributed by atoms with van der Waals surface area (Å²) >= 11 is 4.80. The van der Waals surface area contributed by atoms with E-state index in [1.807, 2.05) is 6.07 Å². The molecule has 0 unspecified atom stereocenters. The first kappa shape index (κ1) is 6.42. The van der Waals surface area contributed by atoms with Crippen LogP contribution in [0, 0.1) is 4.77 Å². The Bertz CT molecular complexity index is 241. The van der Waals surface area contributed by atoms with Crippen molar-refractivity contribution in [1.82, 2.24) is 9.97 Å². The van der Waals surface area contributed by atoms with E-state index in [1.165, 1.54) is 0 Å². The van der Waals surface area contributed by atoms with Crippen molar-refractivity contribution in [1.29, 1.82) is 0 Å². The Labute approximate surface area is 59.0 Å². The van der Waals surface area contributed by atoms with Crippen molar-refractivity contribution in [3.05, 3.63) is 22.7 Å². The van der Waals surface area contributed by atoms with Gasteiger partial charge in [0.1, 0.15) is 0 Å². The molecule has 3 heteroatoms. The second-order valence-corrected chi connectivity index (χ2v) is 2.14. The fraction of sp³-hybridized carbons (Fsp3) is 0.333. The Morgan fingerprint density at radius 1 is 1.78 bits per heavy atom. The van der Waals surface area contributed by atoms with E-state index in [-0.39, 0.29) is 0 Å². The zero-order chi connectivity index (χ0) is 6.69. The molecule has 2 nitrogen and oxygen atoms in total. The largest absolute Gasteiger partial charge is 0.335 e. The van der Waals surface area contributed by atoms with Crippen LogP contribution in [0.15, 0.2) is 12.3 Å². The molecule has 0 aliphatic carbocycles. The van der Waals surface area contributed by atoms with E-state index in [0.29, 0.717) is 4.77 Å². The van der Waals surface area contributed by atoms with Gasteiger partial charge in [0.15, 0.2) is 4.77 Å².